The Bertz CT molecular complexity index is 1750. The SMILES string of the molecule is C1=C\CC/C=C\CC/1.COc1ccc(P(c2ccc(OC)nc2OC)[C@H](C)C[C@@H](C)P(c2ccc(OC)nc2OC)c2ccc(OC)nc2OC)c(OC)n1.F[B-](F)(F)F.[Rh]. The van der Waals surface area contributed by atoms with Gasteiger partial charge >= 0.3 is 7.25 Å². The second-order valence-electron chi connectivity index (χ2n) is 12.8. The van der Waals surface area contributed by atoms with Gasteiger partial charge in [-0.25, -0.2) is 0 Å². The molecule has 5 rings (SSSR count). The van der Waals surface area contributed by atoms with Gasteiger partial charge in [0, 0.05) is 65.0 Å². The van der Waals surface area contributed by atoms with Gasteiger partial charge in [0.05, 0.1) is 56.9 Å². The Morgan fingerprint density at radius 2 is 0.656 bits per heavy atom. The molecule has 0 saturated heterocycles. The summed E-state index contributed by atoms with van der Waals surface area (Å²) in [5.74, 6) is 3.78. The fourth-order valence-electron chi connectivity index (χ4n) is 6.22. The van der Waals surface area contributed by atoms with E-state index in [1.165, 1.54) is 25.7 Å². The van der Waals surface area contributed by atoms with Crippen LogP contribution in [0.25, 0.3) is 0 Å². The molecule has 4 aromatic rings. The largest absolute Gasteiger partial charge is 0.673 e. The van der Waals surface area contributed by atoms with Crippen molar-refractivity contribution in [2.75, 3.05) is 56.9 Å². The standard InChI is InChI=1S/C33H42N4O8P2.C8H12.BF4.Rh/c1-20(46(22-11-15-26(38-3)34-30(22)42-7)23-12-16-27(39-4)35-31(23)43-8)19-21(2)47(24-13-17-28(40-5)36-32(24)44-9)25-14-18-29(41-6)37-33(25)45-10;1-2-4-6-8-7-5-3-1;2-1(3,4)5;/h11-18,20-21H,19H2,1-10H3;1-2,7-8H,3-6H2;;/q;;-1;/b;2-1-,8-7-;;/t20-,21-;;;/m1.../s1. The van der Waals surface area contributed by atoms with E-state index in [4.69, 9.17) is 37.9 Å². The van der Waals surface area contributed by atoms with E-state index >= 15 is 0 Å². The van der Waals surface area contributed by atoms with Crippen molar-refractivity contribution in [3.63, 3.8) is 0 Å². The number of halogens is 4. The average molecular weight is 983 g/mol. The number of nitrogens with zero attached hydrogens (tertiary/aromatic N) is 4. The van der Waals surface area contributed by atoms with Crippen LogP contribution in [0.1, 0.15) is 46.0 Å². The van der Waals surface area contributed by atoms with Crippen molar-refractivity contribution in [2.45, 2.75) is 57.3 Å². The molecule has 2 atom stereocenters. The molecule has 4 heterocycles. The summed E-state index contributed by atoms with van der Waals surface area (Å²) in [5.41, 5.74) is 0.153. The molecule has 0 N–H and O–H groups in total. The summed E-state index contributed by atoms with van der Waals surface area (Å²) in [6, 6.07) is 15.4. The maximum atomic E-state index is 9.75. The van der Waals surface area contributed by atoms with Gasteiger partial charge in [0.15, 0.2) is 0 Å². The van der Waals surface area contributed by atoms with Crippen LogP contribution in [0.2, 0.25) is 0 Å². The topological polar surface area (TPSA) is 125 Å². The fourth-order valence-corrected chi connectivity index (χ4v) is 12.2. The Balaban J connectivity index is 0.000000784. The average Bonchev–Trinajstić information content (AvgIpc) is 3.23. The van der Waals surface area contributed by atoms with Crippen molar-refractivity contribution in [1.82, 2.24) is 19.9 Å². The smallest absolute Gasteiger partial charge is 0.481 e. The summed E-state index contributed by atoms with van der Waals surface area (Å²) in [7, 11) is 4.49. The first-order chi connectivity index (χ1) is 28.8. The number of methoxy groups -OCH3 is 8. The van der Waals surface area contributed by atoms with Crippen LogP contribution in [-0.4, -0.2) is 95.4 Å². The van der Waals surface area contributed by atoms with Gasteiger partial charge in [0.1, 0.15) is 0 Å². The molecule has 1 radical (unpaired) electrons. The van der Waals surface area contributed by atoms with Gasteiger partial charge < -0.3 is 55.2 Å². The zero-order valence-corrected chi connectivity index (χ0v) is 39.4. The van der Waals surface area contributed by atoms with Crippen LogP contribution in [0.5, 0.6) is 47.0 Å². The van der Waals surface area contributed by atoms with Crippen molar-refractivity contribution in [3.8, 4) is 47.0 Å². The van der Waals surface area contributed by atoms with E-state index in [9.17, 15) is 17.3 Å². The molecule has 1 aliphatic carbocycles. The van der Waals surface area contributed by atoms with Crippen molar-refractivity contribution in [3.05, 3.63) is 72.8 Å². The number of rotatable bonds is 16. The first kappa shape index (κ1) is 52.9. The molecule has 0 fully saturated rings. The monoisotopic (exact) mass is 982 g/mol. The minimum Gasteiger partial charge on any atom is -0.481 e. The van der Waals surface area contributed by atoms with Gasteiger partial charge in [0.2, 0.25) is 47.0 Å². The minimum atomic E-state index is -6.00. The van der Waals surface area contributed by atoms with Crippen LogP contribution in [-0.2, 0) is 19.5 Å². The third-order valence-corrected chi connectivity index (χ3v) is 14.4. The molecule has 12 nitrogen and oxygen atoms in total. The molecular weight excluding hydrogens is 928 g/mol. The first-order valence-corrected chi connectivity index (χ1v) is 21.7. The number of aromatic nitrogens is 4. The normalized spacial score (nSPS) is 14.2. The predicted molar refractivity (Wildman–Crippen MR) is 232 cm³/mol. The van der Waals surface area contributed by atoms with E-state index in [0.717, 1.165) is 27.6 Å². The first-order valence-electron chi connectivity index (χ1n) is 18.9. The van der Waals surface area contributed by atoms with E-state index in [1.54, 1.807) is 56.9 Å². The number of pyridine rings is 4. The number of hydrogen-bond acceptors (Lipinski definition) is 12. The Hall–Kier alpha value is -4.25. The van der Waals surface area contributed by atoms with E-state index < -0.39 is 23.1 Å². The van der Waals surface area contributed by atoms with Gasteiger partial charge in [0.25, 0.3) is 0 Å². The summed E-state index contributed by atoms with van der Waals surface area (Å²) in [6.45, 7) is 4.46. The fraction of sp³-hybridized carbons (Fsp3) is 0.415. The van der Waals surface area contributed by atoms with Crippen molar-refractivity contribution >= 4 is 44.3 Å². The zero-order chi connectivity index (χ0) is 44.2. The number of allylic oxidation sites excluding steroid dienone is 4. The van der Waals surface area contributed by atoms with Gasteiger partial charge in [-0.05, 0) is 83.5 Å². The molecule has 0 aliphatic heterocycles. The van der Waals surface area contributed by atoms with Crippen LogP contribution in [0.4, 0.5) is 17.3 Å². The summed E-state index contributed by atoms with van der Waals surface area (Å²) in [5, 5.41) is 3.74. The van der Waals surface area contributed by atoms with Crippen LogP contribution >= 0.6 is 15.8 Å². The molecule has 0 saturated carbocycles. The Labute approximate surface area is 371 Å². The van der Waals surface area contributed by atoms with Crippen LogP contribution in [0.3, 0.4) is 0 Å². The van der Waals surface area contributed by atoms with Crippen molar-refractivity contribution < 1.29 is 74.6 Å². The van der Waals surface area contributed by atoms with Crippen molar-refractivity contribution in [1.29, 1.82) is 0 Å². The number of ether oxygens (including phenoxy) is 8. The molecule has 337 valence electrons. The van der Waals surface area contributed by atoms with Gasteiger partial charge in [-0.15, -0.1) is 0 Å². The van der Waals surface area contributed by atoms with E-state index in [0.29, 0.717) is 47.0 Å². The van der Waals surface area contributed by atoms with Gasteiger partial charge in [-0.1, -0.05) is 38.2 Å². The summed E-state index contributed by atoms with van der Waals surface area (Å²) in [6.07, 6.45) is 14.8. The summed E-state index contributed by atoms with van der Waals surface area (Å²) in [4.78, 5) is 18.5. The van der Waals surface area contributed by atoms with E-state index in [1.807, 2.05) is 48.5 Å². The van der Waals surface area contributed by atoms with Gasteiger partial charge in [-0.3, -0.25) is 0 Å². The predicted octanol–water partition coefficient (Wildman–Crippen LogP) is 8.04. The van der Waals surface area contributed by atoms with Gasteiger partial charge in [-0.2, -0.15) is 19.9 Å². The van der Waals surface area contributed by atoms with E-state index in [-0.39, 0.29) is 30.8 Å². The zero-order valence-electron chi connectivity index (χ0n) is 36.0. The maximum Gasteiger partial charge on any atom is 0.673 e. The molecule has 0 amide bonds. The Morgan fingerprint density at radius 3 is 0.836 bits per heavy atom. The minimum absolute atomic E-state index is 0. The summed E-state index contributed by atoms with van der Waals surface area (Å²) < 4.78 is 84.0. The summed E-state index contributed by atoms with van der Waals surface area (Å²) >= 11 is 0. The van der Waals surface area contributed by atoms with Crippen molar-refractivity contribution in [2.24, 2.45) is 0 Å². The van der Waals surface area contributed by atoms with E-state index in [2.05, 4.69) is 58.1 Å². The molecular formula is C41H54BF4N4O8P2Rh-. The second-order valence-corrected chi connectivity index (χ2v) is 18.0. The quantitative estimate of drug-likeness (QED) is 0.0467. The van der Waals surface area contributed by atoms with Crippen LogP contribution < -0.4 is 59.1 Å². The molecule has 0 unspecified atom stereocenters. The molecule has 20 heteroatoms. The molecule has 61 heavy (non-hydrogen) atoms. The molecule has 0 spiro atoms. The molecule has 4 aromatic heterocycles. The van der Waals surface area contributed by atoms with Crippen LogP contribution in [0.15, 0.2) is 72.8 Å². The molecule has 0 aromatic carbocycles. The second kappa shape index (κ2) is 26.9. The number of hydrogen-bond donors (Lipinski definition) is 0. The van der Waals surface area contributed by atoms with Crippen LogP contribution in [0, 0.1) is 0 Å². The molecule has 0 bridgehead atoms. The molecule has 1 aliphatic rings. The Morgan fingerprint density at radius 1 is 0.443 bits per heavy atom. The third kappa shape index (κ3) is 16.2. The Kier molecular flexibility index (Phi) is 23.4. The third-order valence-electron chi connectivity index (χ3n) is 8.80. The maximum absolute atomic E-state index is 9.75.